The highest BCUT2D eigenvalue weighted by Crippen LogP contribution is 2.16. The van der Waals surface area contributed by atoms with Crippen LogP contribution in [0.5, 0.6) is 0 Å². The summed E-state index contributed by atoms with van der Waals surface area (Å²) in [5.74, 6) is -1.07. The van der Waals surface area contributed by atoms with Gasteiger partial charge in [-0.3, -0.25) is 9.59 Å². The molecule has 14 heavy (non-hydrogen) atoms. The molecule has 76 valence electrons. The van der Waals surface area contributed by atoms with E-state index >= 15 is 0 Å². The molecule has 4 nitrogen and oxygen atoms in total. The van der Waals surface area contributed by atoms with Gasteiger partial charge in [0.1, 0.15) is 0 Å². The van der Waals surface area contributed by atoms with Gasteiger partial charge in [-0.1, -0.05) is 6.08 Å². The number of aliphatic hydroxyl groups excluding tert-OH is 2. The summed E-state index contributed by atoms with van der Waals surface area (Å²) in [4.78, 5) is 22.1. The van der Waals surface area contributed by atoms with Gasteiger partial charge < -0.3 is 10.2 Å². The zero-order valence-corrected chi connectivity index (χ0v) is 7.86. The Morgan fingerprint density at radius 1 is 1.36 bits per heavy atom. The van der Waals surface area contributed by atoms with E-state index in [1.165, 1.54) is 6.08 Å². The second kappa shape index (κ2) is 4.30. The fourth-order valence-electron chi connectivity index (χ4n) is 1.27. The zero-order valence-electron chi connectivity index (χ0n) is 7.86. The third-order valence-corrected chi connectivity index (χ3v) is 1.98. The maximum atomic E-state index is 11.1. The molecular formula is C10H12O4. The van der Waals surface area contributed by atoms with Crippen molar-refractivity contribution < 1.29 is 19.8 Å². The highest BCUT2D eigenvalue weighted by molar-refractivity contribution is 6.48. The predicted octanol–water partition coefficient (Wildman–Crippen LogP) is -0.246. The molecule has 0 radical (unpaired) electrons. The molecule has 0 fully saturated rings. The van der Waals surface area contributed by atoms with Gasteiger partial charge in [-0.2, -0.15) is 0 Å². The normalized spacial score (nSPS) is 19.1. The van der Waals surface area contributed by atoms with Crippen LogP contribution in [0.1, 0.15) is 13.3 Å². The average Bonchev–Trinajstić information content (AvgIpc) is 2.14. The molecule has 0 aromatic heterocycles. The van der Waals surface area contributed by atoms with Crippen molar-refractivity contribution >= 4 is 11.6 Å². The molecule has 1 unspecified atom stereocenters. The fraction of sp³-hybridized carbons (Fsp3) is 0.400. The van der Waals surface area contributed by atoms with Crippen LogP contribution in [0.25, 0.3) is 0 Å². The quantitative estimate of drug-likeness (QED) is 0.482. The van der Waals surface area contributed by atoms with Gasteiger partial charge in [-0.25, -0.2) is 0 Å². The summed E-state index contributed by atoms with van der Waals surface area (Å²) in [7, 11) is 0. The Morgan fingerprint density at radius 3 is 2.50 bits per heavy atom. The molecule has 1 aliphatic carbocycles. The Kier molecular flexibility index (Phi) is 3.33. The monoisotopic (exact) mass is 196 g/mol. The lowest BCUT2D eigenvalue weighted by molar-refractivity contribution is -0.131. The number of Topliss-reactive ketones (excluding diaryl/α,β-unsaturated/α-hetero) is 1. The number of rotatable bonds is 3. The molecule has 1 aliphatic rings. The molecule has 1 rings (SSSR count). The summed E-state index contributed by atoms with van der Waals surface area (Å²) in [6, 6.07) is 0. The summed E-state index contributed by atoms with van der Waals surface area (Å²) in [6.45, 7) is 1.20. The minimum Gasteiger partial charge on any atom is -0.394 e. The molecule has 0 aromatic rings. The molecule has 0 saturated carbocycles. The van der Waals surface area contributed by atoms with E-state index in [-0.39, 0.29) is 13.0 Å². The van der Waals surface area contributed by atoms with Gasteiger partial charge in [0, 0.05) is 12.0 Å². The highest BCUT2D eigenvalue weighted by Gasteiger charge is 2.19. The van der Waals surface area contributed by atoms with Crippen LogP contribution in [-0.2, 0) is 9.59 Å². The topological polar surface area (TPSA) is 74.6 Å². The van der Waals surface area contributed by atoms with Crippen LogP contribution >= 0.6 is 0 Å². The van der Waals surface area contributed by atoms with Crippen molar-refractivity contribution in [2.75, 3.05) is 6.61 Å². The Labute approximate surface area is 81.6 Å². The number of hydrogen-bond donors (Lipinski definition) is 2. The standard InChI is InChI=1S/C10H12O4/c1-6-2-7(3-8(12)5-11)4-9(13)10(6)14/h2,4,8,11-12H,3,5H2,1H3. The lowest BCUT2D eigenvalue weighted by Gasteiger charge is -2.11. The first-order chi connectivity index (χ1) is 6.54. The SMILES string of the molecule is CC1=CC(CC(O)CO)=CC(=O)C1=O. The van der Waals surface area contributed by atoms with E-state index in [0.29, 0.717) is 11.1 Å². The van der Waals surface area contributed by atoms with Crippen molar-refractivity contribution in [3.8, 4) is 0 Å². The highest BCUT2D eigenvalue weighted by atomic mass is 16.3. The predicted molar refractivity (Wildman–Crippen MR) is 49.6 cm³/mol. The zero-order chi connectivity index (χ0) is 10.7. The molecule has 0 aliphatic heterocycles. The molecule has 0 aromatic carbocycles. The van der Waals surface area contributed by atoms with Crippen LogP contribution in [0.3, 0.4) is 0 Å². The third kappa shape index (κ3) is 2.37. The number of carbonyl (C=O) groups is 2. The van der Waals surface area contributed by atoms with E-state index in [0.717, 1.165) is 0 Å². The van der Waals surface area contributed by atoms with E-state index in [4.69, 9.17) is 10.2 Å². The summed E-state index contributed by atoms with van der Waals surface area (Å²) >= 11 is 0. The van der Waals surface area contributed by atoms with E-state index in [9.17, 15) is 9.59 Å². The van der Waals surface area contributed by atoms with Crippen molar-refractivity contribution in [1.82, 2.24) is 0 Å². The lowest BCUT2D eigenvalue weighted by Crippen LogP contribution is -2.19. The molecule has 0 amide bonds. The van der Waals surface area contributed by atoms with Gasteiger partial charge in [-0.05, 0) is 18.6 Å². The van der Waals surface area contributed by atoms with Crippen LogP contribution in [0.2, 0.25) is 0 Å². The average molecular weight is 196 g/mol. The molecule has 1 atom stereocenters. The summed E-state index contributed by atoms with van der Waals surface area (Å²) < 4.78 is 0. The molecule has 0 spiro atoms. The van der Waals surface area contributed by atoms with Crippen molar-refractivity contribution in [3.63, 3.8) is 0 Å². The van der Waals surface area contributed by atoms with Gasteiger partial charge in [0.25, 0.3) is 0 Å². The second-order valence-electron chi connectivity index (χ2n) is 3.28. The molecule has 4 heteroatoms. The van der Waals surface area contributed by atoms with Gasteiger partial charge in [0.05, 0.1) is 12.7 Å². The third-order valence-electron chi connectivity index (χ3n) is 1.98. The minimum atomic E-state index is -0.883. The first kappa shape index (κ1) is 10.8. The number of allylic oxidation sites excluding steroid dienone is 3. The first-order valence-corrected chi connectivity index (χ1v) is 4.31. The first-order valence-electron chi connectivity index (χ1n) is 4.31. The summed E-state index contributed by atoms with van der Waals surface area (Å²) in [5, 5.41) is 17.7. The van der Waals surface area contributed by atoms with E-state index < -0.39 is 17.7 Å². The number of ketones is 2. The molecule has 0 bridgehead atoms. The van der Waals surface area contributed by atoms with Crippen molar-refractivity contribution in [1.29, 1.82) is 0 Å². The van der Waals surface area contributed by atoms with Crippen LogP contribution in [0, 0.1) is 0 Å². The Balaban J connectivity index is 2.77. The number of aliphatic hydroxyl groups is 2. The summed E-state index contributed by atoms with van der Waals surface area (Å²) in [6.07, 6.45) is 2.07. The minimum absolute atomic E-state index is 0.187. The Bertz CT molecular complexity index is 325. The van der Waals surface area contributed by atoms with E-state index in [1.54, 1.807) is 13.0 Å². The Morgan fingerprint density at radius 2 is 2.00 bits per heavy atom. The Hall–Kier alpha value is -1.26. The molecule has 0 heterocycles. The lowest BCUT2D eigenvalue weighted by atomic mass is 9.95. The van der Waals surface area contributed by atoms with Crippen LogP contribution in [0.15, 0.2) is 23.3 Å². The summed E-state index contributed by atoms with van der Waals surface area (Å²) in [5.41, 5.74) is 0.950. The molecule has 2 N–H and O–H groups in total. The number of hydrogen-bond acceptors (Lipinski definition) is 4. The van der Waals surface area contributed by atoms with Crippen molar-refractivity contribution in [2.24, 2.45) is 0 Å². The molecular weight excluding hydrogens is 184 g/mol. The van der Waals surface area contributed by atoms with E-state index in [2.05, 4.69) is 0 Å². The fourth-order valence-corrected chi connectivity index (χ4v) is 1.27. The van der Waals surface area contributed by atoms with Gasteiger partial charge in [0.15, 0.2) is 0 Å². The number of carbonyl (C=O) groups excluding carboxylic acids is 2. The maximum Gasteiger partial charge on any atom is 0.228 e. The van der Waals surface area contributed by atoms with Gasteiger partial charge >= 0.3 is 0 Å². The van der Waals surface area contributed by atoms with Crippen LogP contribution < -0.4 is 0 Å². The van der Waals surface area contributed by atoms with Gasteiger partial charge in [0.2, 0.25) is 11.6 Å². The van der Waals surface area contributed by atoms with Gasteiger partial charge in [-0.15, -0.1) is 0 Å². The van der Waals surface area contributed by atoms with Crippen LogP contribution in [0.4, 0.5) is 0 Å². The van der Waals surface area contributed by atoms with Crippen LogP contribution in [-0.4, -0.2) is 34.5 Å². The molecule has 0 saturated heterocycles. The van der Waals surface area contributed by atoms with Crippen molar-refractivity contribution in [3.05, 3.63) is 23.3 Å². The smallest absolute Gasteiger partial charge is 0.228 e. The maximum absolute atomic E-state index is 11.1. The largest absolute Gasteiger partial charge is 0.394 e. The van der Waals surface area contributed by atoms with Crippen molar-refractivity contribution in [2.45, 2.75) is 19.4 Å². The second-order valence-corrected chi connectivity index (χ2v) is 3.28. The van der Waals surface area contributed by atoms with E-state index in [1.807, 2.05) is 0 Å².